The zero-order valence-electron chi connectivity index (χ0n) is 12.5. The summed E-state index contributed by atoms with van der Waals surface area (Å²) >= 11 is 1.39. The number of nitrogens with zero attached hydrogens (tertiary/aromatic N) is 3. The molecule has 5 heteroatoms. The Bertz CT molecular complexity index is 892. The van der Waals surface area contributed by atoms with Crippen LogP contribution >= 0.6 is 11.8 Å². The summed E-state index contributed by atoms with van der Waals surface area (Å²) in [5, 5.41) is 9.59. The van der Waals surface area contributed by atoms with Crippen molar-refractivity contribution in [1.82, 2.24) is 9.55 Å². The number of aromatic nitrogens is 2. The second-order valence-electron chi connectivity index (χ2n) is 6.49. The summed E-state index contributed by atoms with van der Waals surface area (Å²) < 4.78 is 1.67. The lowest BCUT2D eigenvalue weighted by Gasteiger charge is -2.32. The second kappa shape index (κ2) is 4.47. The van der Waals surface area contributed by atoms with Crippen molar-refractivity contribution in [2.75, 3.05) is 0 Å². The number of hydrogen-bond acceptors (Lipinski definition) is 4. The van der Waals surface area contributed by atoms with Crippen molar-refractivity contribution in [3.63, 3.8) is 0 Å². The van der Waals surface area contributed by atoms with Gasteiger partial charge >= 0.3 is 0 Å². The largest absolute Gasteiger partial charge is 0.285 e. The van der Waals surface area contributed by atoms with Gasteiger partial charge in [0.25, 0.3) is 5.56 Å². The van der Waals surface area contributed by atoms with Gasteiger partial charge in [0.2, 0.25) is 0 Å². The van der Waals surface area contributed by atoms with Gasteiger partial charge in [0.05, 0.1) is 18.3 Å². The number of hydrogen-bond donors (Lipinski definition) is 0. The maximum Gasteiger partial charge on any atom is 0.258 e. The molecule has 110 valence electrons. The van der Waals surface area contributed by atoms with E-state index in [0.717, 1.165) is 23.2 Å². The van der Waals surface area contributed by atoms with E-state index in [-0.39, 0.29) is 16.2 Å². The molecule has 0 saturated heterocycles. The van der Waals surface area contributed by atoms with Crippen LogP contribution in [0.3, 0.4) is 0 Å². The van der Waals surface area contributed by atoms with Crippen molar-refractivity contribution in [2.24, 2.45) is 0 Å². The van der Waals surface area contributed by atoms with Crippen LogP contribution in [0.15, 0.2) is 34.2 Å². The fourth-order valence-electron chi connectivity index (χ4n) is 3.46. The molecular weight excluding hydrogens is 294 g/mol. The van der Waals surface area contributed by atoms with Crippen LogP contribution in [0.2, 0.25) is 0 Å². The summed E-state index contributed by atoms with van der Waals surface area (Å²) in [5.74, 6) is 0. The predicted molar refractivity (Wildman–Crippen MR) is 85.9 cm³/mol. The Hall–Kier alpha value is -2.06. The minimum absolute atomic E-state index is 0.0183. The van der Waals surface area contributed by atoms with E-state index in [9.17, 15) is 4.79 Å². The molecule has 0 radical (unpaired) electrons. The molecule has 1 atom stereocenters. The van der Waals surface area contributed by atoms with Crippen LogP contribution in [-0.4, -0.2) is 14.8 Å². The molecule has 0 amide bonds. The summed E-state index contributed by atoms with van der Waals surface area (Å²) in [5.41, 5.74) is 3.65. The lowest BCUT2D eigenvalue weighted by Crippen LogP contribution is -2.37. The van der Waals surface area contributed by atoms with E-state index in [4.69, 9.17) is 10.2 Å². The molecule has 4 nitrogen and oxygen atoms in total. The Balaban J connectivity index is 2.05. The maximum atomic E-state index is 13.0. The minimum atomic E-state index is -0.245. The Morgan fingerprint density at radius 1 is 1.41 bits per heavy atom. The molecule has 2 heterocycles. The van der Waals surface area contributed by atoms with Gasteiger partial charge in [-0.1, -0.05) is 49.9 Å². The van der Waals surface area contributed by atoms with Gasteiger partial charge in [0, 0.05) is 16.5 Å². The van der Waals surface area contributed by atoms with Crippen molar-refractivity contribution in [2.45, 2.75) is 42.6 Å². The smallest absolute Gasteiger partial charge is 0.258 e. The average molecular weight is 309 g/mol. The maximum absolute atomic E-state index is 13.0. The third-order valence-electron chi connectivity index (χ3n) is 4.46. The van der Waals surface area contributed by atoms with Crippen molar-refractivity contribution in [3.8, 4) is 17.3 Å². The number of fused-ring (bicyclic) bond motifs is 4. The van der Waals surface area contributed by atoms with Gasteiger partial charge in [-0.05, 0) is 12.0 Å². The molecule has 1 aliphatic heterocycles. The Morgan fingerprint density at radius 2 is 2.18 bits per heavy atom. The Kier molecular flexibility index (Phi) is 2.76. The van der Waals surface area contributed by atoms with E-state index in [1.807, 2.05) is 18.2 Å². The highest BCUT2D eigenvalue weighted by Crippen LogP contribution is 2.42. The van der Waals surface area contributed by atoms with Gasteiger partial charge in [-0.15, -0.1) is 0 Å². The molecule has 0 spiro atoms. The molecule has 22 heavy (non-hydrogen) atoms. The van der Waals surface area contributed by atoms with Gasteiger partial charge in [0.15, 0.2) is 5.16 Å². The first-order chi connectivity index (χ1) is 10.5. The van der Waals surface area contributed by atoms with E-state index in [2.05, 4.69) is 26.0 Å². The normalized spacial score (nSPS) is 20.7. The van der Waals surface area contributed by atoms with Gasteiger partial charge in [0.1, 0.15) is 5.25 Å². The molecule has 0 saturated carbocycles. The molecule has 0 N–H and O–H groups in total. The summed E-state index contributed by atoms with van der Waals surface area (Å²) in [4.78, 5) is 17.8. The highest BCUT2D eigenvalue weighted by molar-refractivity contribution is 8.00. The fourth-order valence-corrected chi connectivity index (χ4v) is 4.42. The first-order valence-corrected chi connectivity index (χ1v) is 8.19. The molecule has 1 aromatic heterocycles. The van der Waals surface area contributed by atoms with Crippen molar-refractivity contribution in [1.29, 1.82) is 5.26 Å². The number of rotatable bonds is 0. The van der Waals surface area contributed by atoms with Gasteiger partial charge < -0.3 is 0 Å². The molecule has 1 aromatic carbocycles. The first-order valence-electron chi connectivity index (χ1n) is 7.31. The Labute approximate surface area is 132 Å². The second-order valence-corrected chi connectivity index (χ2v) is 7.66. The molecular formula is C17H15N3OS. The fraction of sp³-hybridized carbons (Fsp3) is 0.353. The highest BCUT2D eigenvalue weighted by atomic mass is 32.2. The van der Waals surface area contributed by atoms with Crippen molar-refractivity contribution < 1.29 is 0 Å². The van der Waals surface area contributed by atoms with Crippen LogP contribution in [0.4, 0.5) is 0 Å². The predicted octanol–water partition coefficient (Wildman–Crippen LogP) is 2.74. The molecule has 2 aliphatic rings. The highest BCUT2D eigenvalue weighted by Gasteiger charge is 2.37. The summed E-state index contributed by atoms with van der Waals surface area (Å²) in [6, 6.07) is 10.4. The zero-order chi connectivity index (χ0) is 15.5. The molecule has 0 bridgehead atoms. The van der Waals surface area contributed by atoms with Gasteiger partial charge in [-0.2, -0.15) is 5.26 Å². The third kappa shape index (κ3) is 1.77. The van der Waals surface area contributed by atoms with E-state index in [1.165, 1.54) is 17.3 Å². The van der Waals surface area contributed by atoms with Crippen LogP contribution in [0.25, 0.3) is 11.3 Å². The number of thioether (sulfide) groups is 1. The van der Waals surface area contributed by atoms with Gasteiger partial charge in [-0.3, -0.25) is 9.36 Å². The molecule has 0 fully saturated rings. The molecule has 1 aliphatic carbocycles. The molecule has 2 aromatic rings. The standard InChI is InChI=1S/C17H15N3OS/c1-17(2)7-10-5-3-4-6-12(10)14-13(17)15(21)20-9-11(8-18)22-16(20)19-14/h3-6,11H,7,9H2,1-2H3. The number of nitriles is 1. The lowest BCUT2D eigenvalue weighted by atomic mass is 9.72. The molecule has 4 rings (SSSR count). The first kappa shape index (κ1) is 13.6. The third-order valence-corrected chi connectivity index (χ3v) is 5.52. The average Bonchev–Trinajstić information content (AvgIpc) is 2.90. The van der Waals surface area contributed by atoms with Crippen molar-refractivity contribution >= 4 is 11.8 Å². The summed E-state index contributed by atoms with van der Waals surface area (Å²) in [6.07, 6.45) is 0.835. The minimum Gasteiger partial charge on any atom is -0.285 e. The van der Waals surface area contributed by atoms with E-state index < -0.39 is 0 Å². The zero-order valence-corrected chi connectivity index (χ0v) is 13.3. The lowest BCUT2D eigenvalue weighted by molar-refractivity contribution is 0.489. The van der Waals surface area contributed by atoms with E-state index in [0.29, 0.717) is 11.7 Å². The monoisotopic (exact) mass is 309 g/mol. The van der Waals surface area contributed by atoms with Crippen LogP contribution in [-0.2, 0) is 18.4 Å². The van der Waals surface area contributed by atoms with Crippen LogP contribution in [0.5, 0.6) is 0 Å². The number of benzene rings is 1. The van der Waals surface area contributed by atoms with Crippen molar-refractivity contribution in [3.05, 3.63) is 45.7 Å². The Morgan fingerprint density at radius 3 is 2.95 bits per heavy atom. The SMILES string of the molecule is CC1(C)Cc2ccccc2-c2nc3n(c(=O)c21)CC(C#N)S3. The van der Waals surface area contributed by atoms with E-state index in [1.54, 1.807) is 4.57 Å². The topological polar surface area (TPSA) is 58.7 Å². The van der Waals surface area contributed by atoms with Gasteiger partial charge in [-0.25, -0.2) is 4.98 Å². The van der Waals surface area contributed by atoms with Crippen LogP contribution < -0.4 is 5.56 Å². The molecule has 1 unspecified atom stereocenters. The van der Waals surface area contributed by atoms with E-state index >= 15 is 0 Å². The van der Waals surface area contributed by atoms with Crippen LogP contribution in [0.1, 0.15) is 25.0 Å². The quantitative estimate of drug-likeness (QED) is 0.702. The summed E-state index contributed by atoms with van der Waals surface area (Å²) in [7, 11) is 0. The summed E-state index contributed by atoms with van der Waals surface area (Å²) in [6.45, 7) is 4.64. The van der Waals surface area contributed by atoms with Crippen LogP contribution in [0, 0.1) is 11.3 Å².